The van der Waals surface area contributed by atoms with E-state index < -0.39 is 15.9 Å². The van der Waals surface area contributed by atoms with Gasteiger partial charge in [-0.05, 0) is 38.0 Å². The first-order valence-corrected chi connectivity index (χ1v) is 9.00. The lowest BCUT2D eigenvalue weighted by Crippen LogP contribution is -2.38. The van der Waals surface area contributed by atoms with Gasteiger partial charge in [-0.1, -0.05) is 18.9 Å². The van der Waals surface area contributed by atoms with Gasteiger partial charge in [0.25, 0.3) is 0 Å². The Hall–Kier alpha value is -1.60. The Morgan fingerprint density at radius 3 is 2.68 bits per heavy atom. The quantitative estimate of drug-likeness (QED) is 0.770. The molecule has 0 bridgehead atoms. The number of sulfone groups is 1. The van der Waals surface area contributed by atoms with Crippen molar-refractivity contribution in [3.8, 4) is 0 Å². The molecule has 2 rings (SSSR count). The van der Waals surface area contributed by atoms with E-state index in [2.05, 4.69) is 10.6 Å². The van der Waals surface area contributed by atoms with Crippen molar-refractivity contribution in [2.24, 2.45) is 0 Å². The number of aliphatic hydroxyl groups is 1. The van der Waals surface area contributed by atoms with Crippen molar-refractivity contribution in [2.75, 3.05) is 11.9 Å². The van der Waals surface area contributed by atoms with E-state index >= 15 is 0 Å². The molecule has 0 heterocycles. The first-order chi connectivity index (χ1) is 10.4. The molecule has 1 atom stereocenters. The maximum atomic E-state index is 12.5. The highest BCUT2D eigenvalue weighted by molar-refractivity contribution is 7.92. The molecule has 22 heavy (non-hydrogen) atoms. The Kier molecular flexibility index (Phi) is 5.42. The molecule has 0 saturated heterocycles. The van der Waals surface area contributed by atoms with Gasteiger partial charge in [0.2, 0.25) is 0 Å². The van der Waals surface area contributed by atoms with Crippen LogP contribution in [0.3, 0.4) is 0 Å². The van der Waals surface area contributed by atoms with E-state index in [1.54, 1.807) is 25.1 Å². The normalized spacial score (nSPS) is 17.2. The third-order valence-electron chi connectivity index (χ3n) is 3.81. The highest BCUT2D eigenvalue weighted by Crippen LogP contribution is 2.30. The summed E-state index contributed by atoms with van der Waals surface area (Å²) >= 11 is 0. The Bertz CT molecular complexity index is 624. The maximum absolute atomic E-state index is 12.5. The molecule has 0 aliphatic heterocycles. The van der Waals surface area contributed by atoms with Crippen molar-refractivity contribution in [3.05, 3.63) is 24.3 Å². The number of benzene rings is 1. The van der Waals surface area contributed by atoms with Crippen LogP contribution in [-0.4, -0.2) is 37.5 Å². The number of anilines is 1. The SMILES string of the molecule is C[C@H](CO)NC(=O)Nc1cccc(S(=O)(=O)C2CCCC2)c1. The largest absolute Gasteiger partial charge is 0.394 e. The van der Waals surface area contributed by atoms with Gasteiger partial charge in [0, 0.05) is 5.69 Å². The number of carbonyl (C=O) groups is 1. The van der Waals surface area contributed by atoms with Gasteiger partial charge in [-0.25, -0.2) is 13.2 Å². The molecular weight excluding hydrogens is 304 g/mol. The summed E-state index contributed by atoms with van der Waals surface area (Å²) in [4.78, 5) is 12.0. The van der Waals surface area contributed by atoms with Gasteiger partial charge in [-0.2, -0.15) is 0 Å². The number of hydrogen-bond donors (Lipinski definition) is 3. The van der Waals surface area contributed by atoms with Crippen molar-refractivity contribution in [1.29, 1.82) is 0 Å². The molecule has 1 aliphatic rings. The van der Waals surface area contributed by atoms with Crippen LogP contribution >= 0.6 is 0 Å². The van der Waals surface area contributed by atoms with Gasteiger partial charge in [0.15, 0.2) is 9.84 Å². The predicted octanol–water partition coefficient (Wildman–Crippen LogP) is 1.91. The lowest BCUT2D eigenvalue weighted by atomic mass is 10.3. The summed E-state index contributed by atoms with van der Waals surface area (Å²) < 4.78 is 25.1. The van der Waals surface area contributed by atoms with Crippen LogP contribution in [0.2, 0.25) is 0 Å². The number of amides is 2. The van der Waals surface area contributed by atoms with Crippen LogP contribution in [0, 0.1) is 0 Å². The second-order valence-corrected chi connectivity index (χ2v) is 7.89. The first-order valence-electron chi connectivity index (χ1n) is 7.46. The molecule has 1 saturated carbocycles. The molecule has 0 spiro atoms. The van der Waals surface area contributed by atoms with Crippen LogP contribution < -0.4 is 10.6 Å². The monoisotopic (exact) mass is 326 g/mol. The zero-order valence-corrected chi connectivity index (χ0v) is 13.4. The summed E-state index contributed by atoms with van der Waals surface area (Å²) in [6.07, 6.45) is 3.30. The van der Waals surface area contributed by atoms with Gasteiger partial charge >= 0.3 is 6.03 Å². The van der Waals surface area contributed by atoms with Crippen molar-refractivity contribution in [3.63, 3.8) is 0 Å². The zero-order chi connectivity index (χ0) is 16.2. The summed E-state index contributed by atoms with van der Waals surface area (Å²) in [7, 11) is -3.34. The fourth-order valence-electron chi connectivity index (χ4n) is 2.58. The molecule has 3 N–H and O–H groups in total. The summed E-state index contributed by atoms with van der Waals surface area (Å²) in [5, 5.41) is 13.7. The van der Waals surface area contributed by atoms with Gasteiger partial charge in [-0.3, -0.25) is 0 Å². The zero-order valence-electron chi connectivity index (χ0n) is 12.6. The second kappa shape index (κ2) is 7.11. The van der Waals surface area contributed by atoms with Crippen molar-refractivity contribution in [1.82, 2.24) is 5.32 Å². The lowest BCUT2D eigenvalue weighted by Gasteiger charge is -2.14. The van der Waals surface area contributed by atoms with Crippen molar-refractivity contribution < 1.29 is 18.3 Å². The number of nitrogens with one attached hydrogen (secondary N) is 2. The van der Waals surface area contributed by atoms with Crippen molar-refractivity contribution >= 4 is 21.6 Å². The summed E-state index contributed by atoms with van der Waals surface area (Å²) in [5.74, 6) is 0. The standard InChI is InChI=1S/C15H22N2O4S/c1-11(10-18)16-15(19)17-12-5-4-8-14(9-12)22(20,21)13-6-2-3-7-13/h4-5,8-9,11,13,18H,2-3,6-7,10H2,1H3,(H2,16,17,19)/t11-/m1/s1. The third kappa shape index (κ3) is 3.98. The highest BCUT2D eigenvalue weighted by atomic mass is 32.2. The number of aliphatic hydroxyl groups excluding tert-OH is 1. The van der Waals surface area contributed by atoms with E-state index in [-0.39, 0.29) is 22.8 Å². The molecule has 6 nitrogen and oxygen atoms in total. The number of hydrogen-bond acceptors (Lipinski definition) is 4. The fraction of sp³-hybridized carbons (Fsp3) is 0.533. The molecule has 122 valence electrons. The fourth-order valence-corrected chi connectivity index (χ4v) is 4.48. The third-order valence-corrected chi connectivity index (χ3v) is 6.07. The minimum absolute atomic E-state index is 0.163. The molecule has 2 amide bonds. The summed E-state index contributed by atoms with van der Waals surface area (Å²) in [6.45, 7) is 1.50. The molecule has 0 unspecified atom stereocenters. The van der Waals surface area contributed by atoms with Gasteiger partial charge < -0.3 is 15.7 Å². The Morgan fingerprint density at radius 1 is 1.36 bits per heavy atom. The number of carbonyl (C=O) groups excluding carboxylic acids is 1. The molecule has 1 aromatic rings. The topological polar surface area (TPSA) is 95.5 Å². The maximum Gasteiger partial charge on any atom is 0.319 e. The number of urea groups is 1. The van der Waals surface area contributed by atoms with E-state index in [0.717, 1.165) is 12.8 Å². The molecular formula is C15H22N2O4S. The summed E-state index contributed by atoms with van der Waals surface area (Å²) in [5.41, 5.74) is 0.418. The van der Waals surface area contributed by atoms with Crippen LogP contribution in [0.25, 0.3) is 0 Å². The van der Waals surface area contributed by atoms with E-state index in [1.165, 1.54) is 6.07 Å². The average molecular weight is 326 g/mol. The minimum atomic E-state index is -3.34. The predicted molar refractivity (Wildman–Crippen MR) is 84.6 cm³/mol. The molecule has 0 radical (unpaired) electrons. The Labute approximate surface area is 130 Å². The van der Waals surface area contributed by atoms with E-state index in [4.69, 9.17) is 5.11 Å². The molecule has 0 aromatic heterocycles. The molecule has 7 heteroatoms. The molecule has 1 fully saturated rings. The van der Waals surface area contributed by atoms with Crippen LogP contribution in [0.15, 0.2) is 29.2 Å². The Balaban J connectivity index is 2.11. The minimum Gasteiger partial charge on any atom is -0.394 e. The summed E-state index contributed by atoms with van der Waals surface area (Å²) in [6, 6.07) is 5.45. The van der Waals surface area contributed by atoms with Crippen LogP contribution in [0.4, 0.5) is 10.5 Å². The first kappa shape index (κ1) is 16.8. The van der Waals surface area contributed by atoms with Crippen LogP contribution in [-0.2, 0) is 9.84 Å². The van der Waals surface area contributed by atoms with Crippen LogP contribution in [0.5, 0.6) is 0 Å². The Morgan fingerprint density at radius 2 is 2.05 bits per heavy atom. The lowest BCUT2D eigenvalue weighted by molar-refractivity contribution is 0.229. The van der Waals surface area contributed by atoms with Crippen LogP contribution in [0.1, 0.15) is 32.6 Å². The van der Waals surface area contributed by atoms with E-state index in [0.29, 0.717) is 18.5 Å². The average Bonchev–Trinajstić information content (AvgIpc) is 3.02. The molecule has 1 aliphatic carbocycles. The van der Waals surface area contributed by atoms with E-state index in [1.807, 2.05) is 0 Å². The van der Waals surface area contributed by atoms with Crippen molar-refractivity contribution in [2.45, 2.75) is 48.8 Å². The smallest absolute Gasteiger partial charge is 0.319 e. The van der Waals surface area contributed by atoms with E-state index in [9.17, 15) is 13.2 Å². The highest BCUT2D eigenvalue weighted by Gasteiger charge is 2.30. The number of rotatable bonds is 5. The second-order valence-electron chi connectivity index (χ2n) is 5.66. The molecule has 1 aromatic carbocycles. The van der Waals surface area contributed by atoms with Gasteiger partial charge in [0.1, 0.15) is 0 Å². The van der Waals surface area contributed by atoms with Gasteiger partial charge in [0.05, 0.1) is 22.8 Å². The van der Waals surface area contributed by atoms with Gasteiger partial charge in [-0.15, -0.1) is 0 Å².